The van der Waals surface area contributed by atoms with Crippen LogP contribution in [0, 0.1) is 10.1 Å². The molecule has 4 rings (SSSR count). The van der Waals surface area contributed by atoms with E-state index >= 15 is 0 Å². The summed E-state index contributed by atoms with van der Waals surface area (Å²) >= 11 is 0.838. The number of aliphatic hydroxyl groups is 1. The van der Waals surface area contributed by atoms with Crippen molar-refractivity contribution in [3.8, 4) is 17.0 Å². The molecule has 2 aromatic carbocycles. The second-order valence-electron chi connectivity index (χ2n) is 7.13. The van der Waals surface area contributed by atoms with Crippen LogP contribution in [0.25, 0.3) is 11.3 Å². The molecule has 0 radical (unpaired) electrons. The lowest BCUT2D eigenvalue weighted by Gasteiger charge is -2.32. The summed E-state index contributed by atoms with van der Waals surface area (Å²) in [4.78, 5) is 14.6. The summed E-state index contributed by atoms with van der Waals surface area (Å²) in [6, 6.07) is 11.9. The zero-order valence-corrected chi connectivity index (χ0v) is 17.9. The van der Waals surface area contributed by atoms with Gasteiger partial charge in [-0.1, -0.05) is 12.1 Å². The van der Waals surface area contributed by atoms with E-state index in [1.807, 2.05) is 6.92 Å². The van der Waals surface area contributed by atoms with Gasteiger partial charge in [0.2, 0.25) is 5.13 Å². The van der Waals surface area contributed by atoms with Crippen LogP contribution in [-0.2, 0) is 0 Å². The molecule has 1 N–H and O–H groups in total. The number of hydrogen-bond donors (Lipinski definition) is 1. The van der Waals surface area contributed by atoms with Gasteiger partial charge >= 0.3 is 6.18 Å². The maximum atomic E-state index is 13.9. The van der Waals surface area contributed by atoms with Crippen molar-refractivity contribution < 1.29 is 27.9 Å². The molecule has 1 aliphatic rings. The summed E-state index contributed by atoms with van der Waals surface area (Å²) in [7, 11) is 0. The minimum absolute atomic E-state index is 0.0324. The zero-order chi connectivity index (χ0) is 23.8. The van der Waals surface area contributed by atoms with E-state index in [1.54, 1.807) is 30.3 Å². The van der Waals surface area contributed by atoms with Gasteiger partial charge in [0.15, 0.2) is 0 Å². The first-order valence-electron chi connectivity index (χ1n) is 9.73. The third-order valence-corrected chi connectivity index (χ3v) is 5.78. The van der Waals surface area contributed by atoms with Crippen molar-refractivity contribution >= 4 is 27.9 Å². The normalized spacial score (nSPS) is 18.3. The number of rotatable bonds is 6. The fourth-order valence-corrected chi connectivity index (χ4v) is 4.16. The van der Waals surface area contributed by atoms with Crippen LogP contribution < -0.4 is 9.75 Å². The number of benzene rings is 2. The Labute approximate surface area is 189 Å². The summed E-state index contributed by atoms with van der Waals surface area (Å²) in [5, 5.41) is 27.4. The number of alkyl halides is 3. The minimum atomic E-state index is -5.03. The molecule has 0 bridgehead atoms. The lowest BCUT2D eigenvalue weighted by Crippen LogP contribution is -2.55. The Bertz CT molecular complexity index is 1210. The Kier molecular flexibility index (Phi) is 5.80. The van der Waals surface area contributed by atoms with Gasteiger partial charge in [-0.2, -0.15) is 23.3 Å². The molecule has 1 aromatic heterocycles. The number of nitro benzene ring substituents is 1. The smallest absolute Gasteiger partial charge is 0.438 e. The molecule has 1 atom stereocenters. The van der Waals surface area contributed by atoms with E-state index in [9.17, 15) is 28.4 Å². The van der Waals surface area contributed by atoms with E-state index in [1.165, 1.54) is 23.6 Å². The minimum Gasteiger partial charge on any atom is -0.494 e. The van der Waals surface area contributed by atoms with Crippen LogP contribution in [0.1, 0.15) is 18.9 Å². The summed E-state index contributed by atoms with van der Waals surface area (Å²) in [5.74, 6) is 0.560. The van der Waals surface area contributed by atoms with Crippen LogP contribution in [0.4, 0.5) is 24.0 Å². The van der Waals surface area contributed by atoms with Crippen molar-refractivity contribution in [1.29, 1.82) is 0 Å². The summed E-state index contributed by atoms with van der Waals surface area (Å²) in [6.45, 7) is 2.26. The molecule has 12 heteroatoms. The number of hydrogen-bond acceptors (Lipinski definition) is 8. The number of non-ortho nitro benzene ring substituents is 1. The molecule has 172 valence electrons. The fraction of sp³-hybridized carbons (Fsp3) is 0.238. The lowest BCUT2D eigenvalue weighted by atomic mass is 10.0. The summed E-state index contributed by atoms with van der Waals surface area (Å²) < 4.78 is 47.1. The number of ether oxygens (including phenoxy) is 1. The van der Waals surface area contributed by atoms with Gasteiger partial charge in [0.1, 0.15) is 5.75 Å². The van der Waals surface area contributed by atoms with Crippen molar-refractivity contribution in [3.63, 3.8) is 0 Å². The molecule has 2 heterocycles. The predicted octanol–water partition coefficient (Wildman–Crippen LogP) is 4.98. The number of hydrazone groups is 1. The molecule has 3 aromatic rings. The molecule has 1 unspecified atom stereocenters. The van der Waals surface area contributed by atoms with Crippen LogP contribution in [0.2, 0.25) is 0 Å². The molecular formula is C21H17F3N4O4S. The molecule has 0 aliphatic carbocycles. The number of nitrogens with zero attached hydrogens (tertiary/aromatic N) is 4. The standard InChI is InChI=1S/C21H17F3N4O4S/c1-2-32-16-8-6-13(7-9-16)17-11-20(29,21(22,23)24)27(26-17)19-25-18(12-33-19)14-4-3-5-15(10-14)28(30)31/h3-10,12,29H,2,11H2,1H3. The Morgan fingerprint density at radius 1 is 1.24 bits per heavy atom. The number of halogens is 3. The van der Waals surface area contributed by atoms with Gasteiger partial charge in [0.25, 0.3) is 11.4 Å². The first-order valence-corrected chi connectivity index (χ1v) is 10.6. The molecule has 1 aliphatic heterocycles. The second-order valence-corrected chi connectivity index (χ2v) is 7.97. The molecule has 0 saturated heterocycles. The SMILES string of the molecule is CCOc1ccc(C2=NN(c3nc(-c4cccc([N+](=O)[O-])c4)cs3)C(O)(C(F)(F)F)C2)cc1. The van der Waals surface area contributed by atoms with Gasteiger partial charge in [-0.15, -0.1) is 11.3 Å². The molecule has 0 fully saturated rings. The Balaban J connectivity index is 1.71. The molecular weight excluding hydrogens is 461 g/mol. The van der Waals surface area contributed by atoms with Crippen molar-refractivity contribution in [2.45, 2.75) is 25.2 Å². The van der Waals surface area contributed by atoms with Gasteiger partial charge < -0.3 is 9.84 Å². The van der Waals surface area contributed by atoms with E-state index in [2.05, 4.69) is 10.1 Å². The third kappa shape index (κ3) is 4.26. The number of nitro groups is 1. The summed E-state index contributed by atoms with van der Waals surface area (Å²) in [6.07, 6.45) is -5.82. The topological polar surface area (TPSA) is 101 Å². The Morgan fingerprint density at radius 3 is 2.61 bits per heavy atom. The van der Waals surface area contributed by atoms with E-state index < -0.39 is 23.2 Å². The van der Waals surface area contributed by atoms with Crippen molar-refractivity contribution in [1.82, 2.24) is 4.98 Å². The van der Waals surface area contributed by atoms with Gasteiger partial charge in [-0.05, 0) is 36.8 Å². The number of anilines is 1. The number of thiazole rings is 1. The van der Waals surface area contributed by atoms with E-state index in [0.29, 0.717) is 28.5 Å². The fourth-order valence-electron chi connectivity index (χ4n) is 3.31. The van der Waals surface area contributed by atoms with Gasteiger partial charge in [0.05, 0.1) is 29.4 Å². The molecule has 0 saturated carbocycles. The maximum absolute atomic E-state index is 13.9. The lowest BCUT2D eigenvalue weighted by molar-refractivity contribution is -0.384. The third-order valence-electron chi connectivity index (χ3n) is 4.96. The number of aromatic nitrogens is 1. The summed E-state index contributed by atoms with van der Waals surface area (Å²) in [5.41, 5.74) is -2.45. The highest BCUT2D eigenvalue weighted by Crippen LogP contribution is 2.45. The van der Waals surface area contributed by atoms with Crippen molar-refractivity contribution in [2.75, 3.05) is 11.6 Å². The predicted molar refractivity (Wildman–Crippen MR) is 116 cm³/mol. The highest BCUT2D eigenvalue weighted by atomic mass is 32.1. The van der Waals surface area contributed by atoms with Crippen molar-refractivity contribution in [3.05, 3.63) is 69.6 Å². The second kappa shape index (κ2) is 8.45. The van der Waals surface area contributed by atoms with E-state index in [-0.39, 0.29) is 22.2 Å². The molecule has 0 amide bonds. The first-order chi connectivity index (χ1) is 15.6. The monoisotopic (exact) mass is 478 g/mol. The van der Waals surface area contributed by atoms with Crippen LogP contribution in [-0.4, -0.2) is 39.2 Å². The van der Waals surface area contributed by atoms with E-state index in [0.717, 1.165) is 11.3 Å². The average molecular weight is 478 g/mol. The largest absolute Gasteiger partial charge is 0.494 e. The van der Waals surface area contributed by atoms with Gasteiger partial charge in [-0.25, -0.2) is 4.98 Å². The average Bonchev–Trinajstić information content (AvgIpc) is 3.40. The first kappa shape index (κ1) is 22.7. The van der Waals surface area contributed by atoms with E-state index in [4.69, 9.17) is 4.74 Å². The van der Waals surface area contributed by atoms with Crippen LogP contribution in [0.3, 0.4) is 0 Å². The highest BCUT2D eigenvalue weighted by Gasteiger charge is 2.62. The van der Waals surface area contributed by atoms with Crippen LogP contribution in [0.5, 0.6) is 5.75 Å². The quantitative estimate of drug-likeness (QED) is 0.396. The van der Waals surface area contributed by atoms with Crippen molar-refractivity contribution in [2.24, 2.45) is 5.10 Å². The van der Waals surface area contributed by atoms with Gasteiger partial charge in [0, 0.05) is 23.1 Å². The molecule has 33 heavy (non-hydrogen) atoms. The zero-order valence-electron chi connectivity index (χ0n) is 17.1. The molecule has 8 nitrogen and oxygen atoms in total. The van der Waals surface area contributed by atoms with Gasteiger partial charge in [-0.3, -0.25) is 10.1 Å². The van der Waals surface area contributed by atoms with Crippen LogP contribution in [0.15, 0.2) is 59.0 Å². The molecule has 0 spiro atoms. The van der Waals surface area contributed by atoms with Crippen LogP contribution >= 0.6 is 11.3 Å². The Morgan fingerprint density at radius 2 is 1.97 bits per heavy atom. The highest BCUT2D eigenvalue weighted by molar-refractivity contribution is 7.14. The maximum Gasteiger partial charge on any atom is 0.438 e. The Hall–Kier alpha value is -3.51.